The minimum atomic E-state index is -0.367. The first kappa shape index (κ1) is 15.3. The van der Waals surface area contributed by atoms with Gasteiger partial charge in [-0.1, -0.05) is 18.2 Å². The molecule has 1 saturated heterocycles. The fourth-order valence-electron chi connectivity index (χ4n) is 2.43. The summed E-state index contributed by atoms with van der Waals surface area (Å²) in [6, 6.07) is 6.27. The van der Waals surface area contributed by atoms with E-state index in [0.29, 0.717) is 31.5 Å². The van der Waals surface area contributed by atoms with E-state index in [-0.39, 0.29) is 30.3 Å². The molecule has 1 heterocycles. The van der Waals surface area contributed by atoms with E-state index in [2.05, 4.69) is 10.1 Å². The molecule has 1 aliphatic heterocycles. The molecule has 5 nitrogen and oxygen atoms in total. The van der Waals surface area contributed by atoms with E-state index in [1.807, 2.05) is 0 Å². The Hall–Kier alpha value is -2.11. The van der Waals surface area contributed by atoms with Gasteiger partial charge < -0.3 is 15.0 Å². The number of methoxy groups -OCH3 is 1. The molecule has 0 aliphatic carbocycles. The van der Waals surface area contributed by atoms with Gasteiger partial charge in [-0.05, 0) is 24.5 Å². The number of rotatable bonds is 3. The zero-order valence-corrected chi connectivity index (χ0v) is 12.0. The summed E-state index contributed by atoms with van der Waals surface area (Å²) in [6.45, 7) is 1.11. The summed E-state index contributed by atoms with van der Waals surface area (Å²) in [7, 11) is 1.35. The van der Waals surface area contributed by atoms with Crippen molar-refractivity contribution in [3.8, 4) is 0 Å². The molecular formula is C15H19FN2O3. The first-order chi connectivity index (χ1) is 10.1. The number of halogens is 1. The molecule has 1 aromatic rings. The summed E-state index contributed by atoms with van der Waals surface area (Å²) in [5.41, 5.74) is 0.391. The summed E-state index contributed by atoms with van der Waals surface area (Å²) in [5.74, 6) is -0.565. The number of piperidine rings is 1. The highest BCUT2D eigenvalue weighted by Gasteiger charge is 2.24. The van der Waals surface area contributed by atoms with Crippen LogP contribution < -0.4 is 5.32 Å². The normalized spacial score (nSPS) is 15.6. The molecule has 2 rings (SSSR count). The van der Waals surface area contributed by atoms with Gasteiger partial charge in [-0.15, -0.1) is 0 Å². The molecule has 0 spiro atoms. The van der Waals surface area contributed by atoms with Crippen molar-refractivity contribution in [1.29, 1.82) is 0 Å². The van der Waals surface area contributed by atoms with Crippen molar-refractivity contribution in [2.45, 2.75) is 25.3 Å². The Labute approximate surface area is 123 Å². The molecular weight excluding hydrogens is 275 g/mol. The van der Waals surface area contributed by atoms with Crippen LogP contribution in [0.4, 0.5) is 9.18 Å². The average molecular weight is 294 g/mol. The Kier molecular flexibility index (Phi) is 5.14. The summed E-state index contributed by atoms with van der Waals surface area (Å²) in [5, 5.41) is 2.89. The maximum atomic E-state index is 13.5. The van der Waals surface area contributed by atoms with Crippen molar-refractivity contribution in [1.82, 2.24) is 10.2 Å². The van der Waals surface area contributed by atoms with Crippen LogP contribution in [-0.2, 0) is 16.0 Å². The first-order valence-electron chi connectivity index (χ1n) is 6.96. The van der Waals surface area contributed by atoms with Gasteiger partial charge in [0.1, 0.15) is 5.82 Å². The van der Waals surface area contributed by atoms with Gasteiger partial charge in [0.15, 0.2) is 0 Å². The van der Waals surface area contributed by atoms with Crippen LogP contribution in [0.2, 0.25) is 0 Å². The van der Waals surface area contributed by atoms with Crippen LogP contribution in [0, 0.1) is 5.82 Å². The largest absolute Gasteiger partial charge is 0.453 e. The van der Waals surface area contributed by atoms with Gasteiger partial charge in [0.05, 0.1) is 13.5 Å². The fraction of sp³-hybridized carbons (Fsp3) is 0.467. The number of carbonyl (C=O) groups is 2. The van der Waals surface area contributed by atoms with Crippen LogP contribution in [0.1, 0.15) is 18.4 Å². The predicted octanol–water partition coefficient (Wildman–Crippen LogP) is 1.72. The molecule has 0 unspecified atom stereocenters. The van der Waals surface area contributed by atoms with E-state index in [9.17, 15) is 14.0 Å². The predicted molar refractivity (Wildman–Crippen MR) is 75.2 cm³/mol. The molecule has 0 radical (unpaired) electrons. The van der Waals surface area contributed by atoms with Crippen molar-refractivity contribution in [3.63, 3.8) is 0 Å². The van der Waals surface area contributed by atoms with Crippen molar-refractivity contribution >= 4 is 12.0 Å². The van der Waals surface area contributed by atoms with E-state index < -0.39 is 0 Å². The summed E-state index contributed by atoms with van der Waals surface area (Å²) in [4.78, 5) is 24.9. The van der Waals surface area contributed by atoms with Gasteiger partial charge in [0.25, 0.3) is 0 Å². The molecule has 114 valence electrons. The van der Waals surface area contributed by atoms with Gasteiger partial charge in [-0.2, -0.15) is 0 Å². The second-order valence-electron chi connectivity index (χ2n) is 5.07. The highest BCUT2D eigenvalue weighted by Crippen LogP contribution is 2.12. The molecule has 0 saturated carbocycles. The number of ether oxygens (including phenoxy) is 1. The van der Waals surface area contributed by atoms with E-state index in [1.165, 1.54) is 13.2 Å². The highest BCUT2D eigenvalue weighted by atomic mass is 19.1. The number of hydrogen-bond donors (Lipinski definition) is 1. The fourth-order valence-corrected chi connectivity index (χ4v) is 2.43. The Morgan fingerprint density at radius 2 is 2.00 bits per heavy atom. The van der Waals surface area contributed by atoms with Gasteiger partial charge >= 0.3 is 6.09 Å². The smallest absolute Gasteiger partial charge is 0.409 e. The topological polar surface area (TPSA) is 58.6 Å². The minimum absolute atomic E-state index is 0.0187. The number of carbonyl (C=O) groups excluding carboxylic acids is 2. The van der Waals surface area contributed by atoms with Gasteiger partial charge in [0.2, 0.25) is 5.91 Å². The van der Waals surface area contributed by atoms with Crippen LogP contribution in [0.15, 0.2) is 24.3 Å². The molecule has 1 fully saturated rings. The van der Waals surface area contributed by atoms with Crippen molar-refractivity contribution in [3.05, 3.63) is 35.6 Å². The molecule has 1 N–H and O–H groups in total. The van der Waals surface area contributed by atoms with Crippen LogP contribution in [-0.4, -0.2) is 43.1 Å². The van der Waals surface area contributed by atoms with Gasteiger partial charge in [-0.25, -0.2) is 9.18 Å². The Bertz CT molecular complexity index is 513. The molecule has 1 aromatic carbocycles. The SMILES string of the molecule is COC(=O)N1CCC(NC(=O)Cc2ccccc2F)CC1. The molecule has 0 bridgehead atoms. The maximum Gasteiger partial charge on any atom is 0.409 e. The van der Waals surface area contributed by atoms with Crippen molar-refractivity contribution in [2.24, 2.45) is 0 Å². The number of benzene rings is 1. The van der Waals surface area contributed by atoms with E-state index in [0.717, 1.165) is 0 Å². The lowest BCUT2D eigenvalue weighted by Crippen LogP contribution is -2.46. The second-order valence-corrected chi connectivity index (χ2v) is 5.07. The molecule has 2 amide bonds. The van der Waals surface area contributed by atoms with Crippen LogP contribution >= 0.6 is 0 Å². The summed E-state index contributed by atoms with van der Waals surface area (Å²) >= 11 is 0. The van der Waals surface area contributed by atoms with Gasteiger partial charge in [0, 0.05) is 19.1 Å². The third kappa shape index (κ3) is 4.18. The van der Waals surface area contributed by atoms with E-state index >= 15 is 0 Å². The third-order valence-electron chi connectivity index (χ3n) is 3.60. The standard InChI is InChI=1S/C15H19FN2O3/c1-21-15(20)18-8-6-12(7-9-18)17-14(19)10-11-4-2-3-5-13(11)16/h2-5,12H,6-10H2,1H3,(H,17,19). The Balaban J connectivity index is 1.80. The quantitative estimate of drug-likeness (QED) is 0.923. The van der Waals surface area contributed by atoms with Crippen molar-refractivity contribution in [2.75, 3.05) is 20.2 Å². The lowest BCUT2D eigenvalue weighted by Gasteiger charge is -2.31. The summed E-state index contributed by atoms with van der Waals surface area (Å²) < 4.78 is 18.1. The van der Waals surface area contributed by atoms with Crippen LogP contribution in [0.25, 0.3) is 0 Å². The highest BCUT2D eigenvalue weighted by molar-refractivity contribution is 5.79. The molecule has 0 atom stereocenters. The number of likely N-dealkylation sites (tertiary alicyclic amines) is 1. The lowest BCUT2D eigenvalue weighted by molar-refractivity contribution is -0.121. The van der Waals surface area contributed by atoms with Crippen molar-refractivity contribution < 1.29 is 18.7 Å². The molecule has 1 aliphatic rings. The van der Waals surface area contributed by atoms with E-state index in [1.54, 1.807) is 23.1 Å². The molecule has 0 aromatic heterocycles. The summed E-state index contributed by atoms with van der Waals surface area (Å²) in [6.07, 6.45) is 1.05. The van der Waals surface area contributed by atoms with Gasteiger partial charge in [-0.3, -0.25) is 4.79 Å². The zero-order valence-electron chi connectivity index (χ0n) is 12.0. The number of amides is 2. The second kappa shape index (κ2) is 7.06. The third-order valence-corrected chi connectivity index (χ3v) is 3.60. The minimum Gasteiger partial charge on any atom is -0.453 e. The Morgan fingerprint density at radius 1 is 1.33 bits per heavy atom. The Morgan fingerprint density at radius 3 is 2.62 bits per heavy atom. The average Bonchev–Trinajstić information content (AvgIpc) is 2.49. The van der Waals surface area contributed by atoms with E-state index in [4.69, 9.17) is 0 Å². The number of hydrogen-bond acceptors (Lipinski definition) is 3. The first-order valence-corrected chi connectivity index (χ1v) is 6.96. The molecule has 6 heteroatoms. The maximum absolute atomic E-state index is 13.5. The zero-order chi connectivity index (χ0) is 15.2. The number of nitrogens with one attached hydrogen (secondary N) is 1. The molecule has 21 heavy (non-hydrogen) atoms. The monoisotopic (exact) mass is 294 g/mol. The lowest BCUT2D eigenvalue weighted by atomic mass is 10.0. The number of nitrogens with zero attached hydrogens (tertiary/aromatic N) is 1. The van der Waals surface area contributed by atoms with Crippen LogP contribution in [0.3, 0.4) is 0 Å². The van der Waals surface area contributed by atoms with Crippen LogP contribution in [0.5, 0.6) is 0 Å².